The van der Waals surface area contributed by atoms with E-state index in [1.54, 1.807) is 43.3 Å². The minimum atomic E-state index is -0.690. The van der Waals surface area contributed by atoms with E-state index in [0.717, 1.165) is 5.56 Å². The Morgan fingerprint density at radius 3 is 2.48 bits per heavy atom. The first-order chi connectivity index (χ1) is 14.9. The van der Waals surface area contributed by atoms with E-state index in [2.05, 4.69) is 5.32 Å². The topological polar surface area (TPSA) is 67.9 Å². The second-order valence-corrected chi connectivity index (χ2v) is 7.73. The fourth-order valence-corrected chi connectivity index (χ4v) is 3.15. The predicted molar refractivity (Wildman–Crippen MR) is 123 cm³/mol. The van der Waals surface area contributed by atoms with Crippen molar-refractivity contribution in [1.29, 1.82) is 0 Å². The third-order valence-corrected chi connectivity index (χ3v) is 5.15. The van der Waals surface area contributed by atoms with Crippen molar-refractivity contribution in [3.05, 3.63) is 64.1 Å². The highest BCUT2D eigenvalue weighted by Gasteiger charge is 2.26. The molecule has 2 aromatic carbocycles. The molecule has 8 heteroatoms. The summed E-state index contributed by atoms with van der Waals surface area (Å²) in [6, 6.07) is 13.4. The molecule has 0 radical (unpaired) electrons. The zero-order valence-electron chi connectivity index (χ0n) is 17.8. The molecule has 1 N–H and O–H groups in total. The lowest BCUT2D eigenvalue weighted by molar-refractivity contribution is -0.142. The van der Waals surface area contributed by atoms with Crippen LogP contribution in [-0.4, -0.2) is 49.1 Å². The molecule has 0 spiro atoms. The van der Waals surface area contributed by atoms with Gasteiger partial charge in [-0.25, -0.2) is 0 Å². The van der Waals surface area contributed by atoms with E-state index in [-0.39, 0.29) is 25.0 Å². The molecule has 168 valence electrons. The molecule has 6 nitrogen and oxygen atoms in total. The molecule has 0 fully saturated rings. The van der Waals surface area contributed by atoms with Crippen LogP contribution in [0.5, 0.6) is 5.75 Å². The summed E-state index contributed by atoms with van der Waals surface area (Å²) >= 11 is 12.1. The van der Waals surface area contributed by atoms with E-state index < -0.39 is 6.04 Å². The van der Waals surface area contributed by atoms with E-state index in [4.69, 9.17) is 32.7 Å². The van der Waals surface area contributed by atoms with Gasteiger partial charge in [-0.1, -0.05) is 47.5 Å². The molecule has 31 heavy (non-hydrogen) atoms. The number of benzene rings is 2. The Balaban J connectivity index is 2.05. The van der Waals surface area contributed by atoms with Gasteiger partial charge in [-0.3, -0.25) is 9.59 Å². The Morgan fingerprint density at radius 1 is 1.10 bits per heavy atom. The number of para-hydroxylation sites is 1. The summed E-state index contributed by atoms with van der Waals surface area (Å²) in [5.74, 6) is -0.152. The standard InChI is InChI=1S/C23H28Cl2N2O4/c1-3-30-14-6-13-26-23(29)17(2)27(15-18-9-11-19(24)12-10-18)22(28)16-31-21-8-5-4-7-20(21)25/h4-5,7-12,17H,3,6,13-16H2,1-2H3,(H,26,29)/t17-/m0/s1. The summed E-state index contributed by atoms with van der Waals surface area (Å²) in [6.45, 7) is 5.31. The Labute approximate surface area is 193 Å². The van der Waals surface area contributed by atoms with Gasteiger partial charge in [0.05, 0.1) is 5.02 Å². The number of ether oxygens (including phenoxy) is 2. The van der Waals surface area contributed by atoms with Crippen LogP contribution in [0.4, 0.5) is 0 Å². The number of hydrogen-bond acceptors (Lipinski definition) is 4. The van der Waals surface area contributed by atoms with Crippen LogP contribution in [0.1, 0.15) is 25.8 Å². The number of hydrogen-bond donors (Lipinski definition) is 1. The van der Waals surface area contributed by atoms with E-state index in [9.17, 15) is 9.59 Å². The molecule has 1 atom stereocenters. The number of rotatable bonds is 12. The fourth-order valence-electron chi connectivity index (χ4n) is 2.83. The highest BCUT2D eigenvalue weighted by Crippen LogP contribution is 2.23. The summed E-state index contributed by atoms with van der Waals surface area (Å²) in [5, 5.41) is 3.88. The molecule has 0 aliphatic heterocycles. The van der Waals surface area contributed by atoms with Crippen molar-refractivity contribution in [3.8, 4) is 5.75 Å². The molecule has 0 aromatic heterocycles. The Morgan fingerprint density at radius 2 is 1.81 bits per heavy atom. The molecular weight excluding hydrogens is 439 g/mol. The lowest BCUT2D eigenvalue weighted by Gasteiger charge is -2.29. The van der Waals surface area contributed by atoms with Gasteiger partial charge >= 0.3 is 0 Å². The highest BCUT2D eigenvalue weighted by molar-refractivity contribution is 6.32. The van der Waals surface area contributed by atoms with E-state index >= 15 is 0 Å². The maximum Gasteiger partial charge on any atom is 0.261 e. The predicted octanol–water partition coefficient (Wildman–Crippen LogP) is 4.33. The van der Waals surface area contributed by atoms with Crippen LogP contribution in [0.15, 0.2) is 48.5 Å². The van der Waals surface area contributed by atoms with Crippen LogP contribution in [0, 0.1) is 0 Å². The first-order valence-electron chi connectivity index (χ1n) is 10.2. The number of amides is 2. The number of nitrogens with zero attached hydrogens (tertiary/aromatic N) is 1. The third kappa shape index (κ3) is 8.40. The molecule has 2 aromatic rings. The number of nitrogens with one attached hydrogen (secondary N) is 1. The average molecular weight is 467 g/mol. The molecule has 0 unspecified atom stereocenters. The van der Waals surface area contributed by atoms with Crippen molar-refractivity contribution in [2.45, 2.75) is 32.9 Å². The summed E-state index contributed by atoms with van der Waals surface area (Å²) in [5.41, 5.74) is 0.853. The van der Waals surface area contributed by atoms with Crippen LogP contribution in [0.3, 0.4) is 0 Å². The molecule has 2 rings (SSSR count). The summed E-state index contributed by atoms with van der Waals surface area (Å²) in [7, 11) is 0. The van der Waals surface area contributed by atoms with Gasteiger partial charge in [0.15, 0.2) is 6.61 Å². The maximum atomic E-state index is 13.0. The van der Waals surface area contributed by atoms with Gasteiger partial charge in [-0.2, -0.15) is 0 Å². The second-order valence-electron chi connectivity index (χ2n) is 6.88. The third-order valence-electron chi connectivity index (χ3n) is 4.59. The zero-order valence-corrected chi connectivity index (χ0v) is 19.3. The van der Waals surface area contributed by atoms with Crippen LogP contribution >= 0.6 is 23.2 Å². The molecule has 0 heterocycles. The first-order valence-corrected chi connectivity index (χ1v) is 10.9. The van der Waals surface area contributed by atoms with Crippen molar-refractivity contribution >= 4 is 35.0 Å². The Kier molecular flexibility index (Phi) is 10.6. The van der Waals surface area contributed by atoms with Crippen molar-refractivity contribution in [1.82, 2.24) is 10.2 Å². The molecule has 0 aliphatic carbocycles. The smallest absolute Gasteiger partial charge is 0.261 e. The van der Waals surface area contributed by atoms with Gasteiger partial charge in [0.25, 0.3) is 5.91 Å². The lowest BCUT2D eigenvalue weighted by atomic mass is 10.1. The molecule has 0 aliphatic rings. The number of carbonyl (C=O) groups is 2. The minimum absolute atomic E-state index is 0.237. The Bertz CT molecular complexity index is 846. The van der Waals surface area contributed by atoms with Gasteiger partial charge in [-0.15, -0.1) is 0 Å². The van der Waals surface area contributed by atoms with Gasteiger partial charge in [0, 0.05) is 31.3 Å². The van der Waals surface area contributed by atoms with Gasteiger partial charge in [0.1, 0.15) is 11.8 Å². The van der Waals surface area contributed by atoms with Crippen molar-refractivity contribution in [2.75, 3.05) is 26.4 Å². The molecule has 2 amide bonds. The molecule has 0 saturated carbocycles. The van der Waals surface area contributed by atoms with Crippen molar-refractivity contribution in [3.63, 3.8) is 0 Å². The minimum Gasteiger partial charge on any atom is -0.482 e. The van der Waals surface area contributed by atoms with Gasteiger partial charge in [0.2, 0.25) is 5.91 Å². The summed E-state index contributed by atoms with van der Waals surface area (Å²) in [4.78, 5) is 27.1. The van der Waals surface area contributed by atoms with Gasteiger partial charge < -0.3 is 19.7 Å². The van der Waals surface area contributed by atoms with E-state index in [1.807, 2.05) is 19.1 Å². The van der Waals surface area contributed by atoms with Crippen LogP contribution < -0.4 is 10.1 Å². The normalized spacial score (nSPS) is 11.6. The monoisotopic (exact) mass is 466 g/mol. The molecule has 0 saturated heterocycles. The largest absolute Gasteiger partial charge is 0.482 e. The highest BCUT2D eigenvalue weighted by atomic mass is 35.5. The quantitative estimate of drug-likeness (QED) is 0.472. The second kappa shape index (κ2) is 13.2. The zero-order chi connectivity index (χ0) is 22.6. The lowest BCUT2D eigenvalue weighted by Crippen LogP contribution is -2.49. The van der Waals surface area contributed by atoms with Crippen LogP contribution in [0.25, 0.3) is 0 Å². The fraction of sp³-hybridized carbons (Fsp3) is 0.391. The van der Waals surface area contributed by atoms with Crippen LogP contribution in [-0.2, 0) is 20.9 Å². The van der Waals surface area contributed by atoms with E-state index in [1.165, 1.54) is 4.90 Å². The Hall–Kier alpha value is -2.28. The molecule has 0 bridgehead atoms. The number of halogens is 2. The number of carbonyl (C=O) groups excluding carboxylic acids is 2. The van der Waals surface area contributed by atoms with Crippen molar-refractivity contribution in [2.24, 2.45) is 0 Å². The SMILES string of the molecule is CCOCCCNC(=O)[C@H](C)N(Cc1ccc(Cl)cc1)C(=O)COc1ccccc1Cl. The van der Waals surface area contributed by atoms with Gasteiger partial charge in [-0.05, 0) is 50.1 Å². The first kappa shape index (κ1) is 25.0. The molecular formula is C23H28Cl2N2O4. The van der Waals surface area contributed by atoms with E-state index in [0.29, 0.717) is 42.0 Å². The average Bonchev–Trinajstić information content (AvgIpc) is 2.77. The maximum absolute atomic E-state index is 13.0. The van der Waals surface area contributed by atoms with Crippen molar-refractivity contribution < 1.29 is 19.1 Å². The van der Waals surface area contributed by atoms with Crippen LogP contribution in [0.2, 0.25) is 10.0 Å². The summed E-state index contributed by atoms with van der Waals surface area (Å²) in [6.07, 6.45) is 0.701. The summed E-state index contributed by atoms with van der Waals surface area (Å²) < 4.78 is 10.9.